The molecule has 2 atom stereocenters. The lowest BCUT2D eigenvalue weighted by Gasteiger charge is -2.47. The van der Waals surface area contributed by atoms with Crippen molar-refractivity contribution in [3.8, 4) is 6.07 Å². The molecule has 2 unspecified atom stereocenters. The van der Waals surface area contributed by atoms with E-state index in [1.165, 1.54) is 12.8 Å². The minimum Gasteiger partial charge on any atom is -0.395 e. The summed E-state index contributed by atoms with van der Waals surface area (Å²) >= 11 is 6.15. The van der Waals surface area contributed by atoms with Crippen molar-refractivity contribution >= 4 is 28.6 Å². The van der Waals surface area contributed by atoms with Crippen LogP contribution in [0.1, 0.15) is 42.6 Å². The summed E-state index contributed by atoms with van der Waals surface area (Å²) in [5.41, 5.74) is 3.61. The van der Waals surface area contributed by atoms with Gasteiger partial charge in [-0.15, -0.1) is 0 Å². The fourth-order valence-electron chi connectivity index (χ4n) is 5.46. The van der Waals surface area contributed by atoms with Crippen LogP contribution >= 0.6 is 11.6 Å². The van der Waals surface area contributed by atoms with Crippen molar-refractivity contribution in [1.82, 2.24) is 24.6 Å². The summed E-state index contributed by atoms with van der Waals surface area (Å²) in [5.74, 6) is 2.13. The van der Waals surface area contributed by atoms with Crippen molar-refractivity contribution in [2.24, 2.45) is 11.8 Å². The third-order valence-corrected chi connectivity index (χ3v) is 7.64. The lowest BCUT2D eigenvalue weighted by Crippen LogP contribution is -2.54. The Hall–Kier alpha value is -2.73. The zero-order valence-corrected chi connectivity index (χ0v) is 20.4. The first-order valence-corrected chi connectivity index (χ1v) is 12.4. The summed E-state index contributed by atoms with van der Waals surface area (Å²) < 4.78 is 1.81. The Labute approximate surface area is 204 Å². The molecule has 178 valence electrons. The number of aryl methyl sites for hydroxylation is 1. The second kappa shape index (κ2) is 9.49. The van der Waals surface area contributed by atoms with Crippen molar-refractivity contribution in [3.63, 3.8) is 0 Å². The normalized spacial score (nSPS) is 20.3. The van der Waals surface area contributed by atoms with E-state index in [1.54, 1.807) is 6.20 Å². The minimum atomic E-state index is -0.115. The Bertz CT molecular complexity index is 1230. The molecule has 9 heteroatoms. The smallest absolute Gasteiger partial charge is 0.190 e. The Morgan fingerprint density at radius 1 is 1.26 bits per heavy atom. The molecule has 1 N–H and O–H groups in total. The van der Waals surface area contributed by atoms with Gasteiger partial charge in [0.25, 0.3) is 0 Å². The maximum Gasteiger partial charge on any atom is 0.190 e. The number of anilines is 1. The molecule has 0 aliphatic carbocycles. The van der Waals surface area contributed by atoms with Gasteiger partial charge in [-0.3, -0.25) is 0 Å². The SMILES string of the molecule is Cc1cc(Cl)ccc1C(C)n1nc(C#N)c2ncc(N3CC(C4CCCN(CCO)C4)C3)nc21. The highest BCUT2D eigenvalue weighted by Gasteiger charge is 2.36. The van der Waals surface area contributed by atoms with E-state index in [4.69, 9.17) is 16.6 Å². The largest absolute Gasteiger partial charge is 0.395 e. The van der Waals surface area contributed by atoms with Crippen LogP contribution < -0.4 is 4.90 Å². The third-order valence-electron chi connectivity index (χ3n) is 7.40. The van der Waals surface area contributed by atoms with Crippen LogP contribution in [0.15, 0.2) is 24.4 Å². The summed E-state index contributed by atoms with van der Waals surface area (Å²) in [4.78, 5) is 14.2. The molecule has 0 amide bonds. The molecule has 0 bridgehead atoms. The van der Waals surface area contributed by atoms with E-state index in [9.17, 15) is 10.4 Å². The van der Waals surface area contributed by atoms with Crippen LogP contribution in [0.4, 0.5) is 5.82 Å². The molecule has 0 saturated carbocycles. The van der Waals surface area contributed by atoms with E-state index in [-0.39, 0.29) is 12.6 Å². The molecule has 4 heterocycles. The van der Waals surface area contributed by atoms with E-state index >= 15 is 0 Å². The van der Waals surface area contributed by atoms with Crippen molar-refractivity contribution in [2.45, 2.75) is 32.7 Å². The van der Waals surface area contributed by atoms with Crippen LogP contribution in [0.5, 0.6) is 0 Å². The maximum absolute atomic E-state index is 9.63. The number of aliphatic hydroxyl groups is 1. The molecule has 8 nitrogen and oxygen atoms in total. The minimum absolute atomic E-state index is 0.115. The zero-order valence-electron chi connectivity index (χ0n) is 19.7. The second-order valence-electron chi connectivity index (χ2n) is 9.57. The summed E-state index contributed by atoms with van der Waals surface area (Å²) in [6.45, 7) is 9.16. The monoisotopic (exact) mass is 479 g/mol. The van der Waals surface area contributed by atoms with Gasteiger partial charge in [-0.25, -0.2) is 14.6 Å². The Balaban J connectivity index is 1.38. The summed E-state index contributed by atoms with van der Waals surface area (Å²) in [7, 11) is 0. The zero-order chi connectivity index (χ0) is 23.8. The van der Waals surface area contributed by atoms with Gasteiger partial charge in [-0.2, -0.15) is 10.4 Å². The van der Waals surface area contributed by atoms with Crippen molar-refractivity contribution in [2.75, 3.05) is 44.2 Å². The Kier molecular flexibility index (Phi) is 6.43. The molecule has 2 saturated heterocycles. The van der Waals surface area contributed by atoms with Gasteiger partial charge in [0.1, 0.15) is 17.4 Å². The molecule has 2 aliphatic rings. The average Bonchev–Trinajstić information content (AvgIpc) is 3.16. The number of halogens is 1. The highest BCUT2D eigenvalue weighted by molar-refractivity contribution is 6.30. The van der Waals surface area contributed by atoms with Crippen LogP contribution in [-0.2, 0) is 0 Å². The lowest BCUT2D eigenvalue weighted by atomic mass is 9.80. The predicted molar refractivity (Wildman–Crippen MR) is 132 cm³/mol. The number of aromatic nitrogens is 4. The number of fused-ring (bicyclic) bond motifs is 1. The molecule has 2 aromatic heterocycles. The molecule has 2 aliphatic heterocycles. The molecular formula is C25H30ClN7O. The highest BCUT2D eigenvalue weighted by atomic mass is 35.5. The standard InChI is InChI=1S/C25H30ClN7O/c1-16-10-20(26)5-6-21(16)17(2)33-25-24(22(11-27)30-33)28-12-23(29-25)32-14-19(15-32)18-4-3-7-31(13-18)8-9-34/h5-6,10,12,17-19,34H,3-4,7-9,13-15H2,1-2H3. The quantitative estimate of drug-likeness (QED) is 0.578. The molecule has 5 rings (SSSR count). The summed E-state index contributed by atoms with van der Waals surface area (Å²) in [6.07, 6.45) is 4.22. The maximum atomic E-state index is 9.63. The molecule has 34 heavy (non-hydrogen) atoms. The molecule has 3 aromatic rings. The van der Waals surface area contributed by atoms with Crippen LogP contribution in [0.2, 0.25) is 5.02 Å². The van der Waals surface area contributed by atoms with Gasteiger partial charge in [-0.1, -0.05) is 17.7 Å². The topological polar surface area (TPSA) is 94.1 Å². The van der Waals surface area contributed by atoms with Crippen LogP contribution in [-0.4, -0.2) is 69.1 Å². The van der Waals surface area contributed by atoms with E-state index in [0.29, 0.717) is 33.7 Å². The van der Waals surface area contributed by atoms with E-state index < -0.39 is 0 Å². The van der Waals surface area contributed by atoms with Gasteiger partial charge in [0.15, 0.2) is 11.3 Å². The fraction of sp³-hybridized carbons (Fsp3) is 0.520. The van der Waals surface area contributed by atoms with Crippen LogP contribution in [0.3, 0.4) is 0 Å². The van der Waals surface area contributed by atoms with Gasteiger partial charge in [-0.05, 0) is 68.3 Å². The number of piperidine rings is 1. The number of nitrogens with zero attached hydrogens (tertiary/aromatic N) is 7. The van der Waals surface area contributed by atoms with E-state index in [1.807, 2.05) is 29.8 Å². The van der Waals surface area contributed by atoms with Gasteiger partial charge >= 0.3 is 0 Å². The van der Waals surface area contributed by atoms with Gasteiger partial charge in [0.2, 0.25) is 0 Å². The highest BCUT2D eigenvalue weighted by Crippen LogP contribution is 2.34. The summed E-state index contributed by atoms with van der Waals surface area (Å²) in [5, 5.41) is 24.2. The molecule has 1 aromatic carbocycles. The summed E-state index contributed by atoms with van der Waals surface area (Å²) in [6, 6.07) is 7.87. The second-order valence-corrected chi connectivity index (χ2v) is 10.0. The number of likely N-dealkylation sites (tertiary alicyclic amines) is 1. The van der Waals surface area contributed by atoms with Crippen molar-refractivity contribution in [1.29, 1.82) is 5.26 Å². The van der Waals surface area contributed by atoms with Crippen LogP contribution in [0.25, 0.3) is 11.2 Å². The Morgan fingerprint density at radius 2 is 2.09 bits per heavy atom. The fourth-order valence-corrected chi connectivity index (χ4v) is 5.68. The molecular weight excluding hydrogens is 450 g/mol. The number of hydrogen-bond acceptors (Lipinski definition) is 7. The number of rotatable bonds is 6. The number of nitriles is 1. The van der Waals surface area contributed by atoms with Crippen molar-refractivity contribution in [3.05, 3.63) is 46.2 Å². The predicted octanol–water partition coefficient (Wildman–Crippen LogP) is 3.41. The number of hydrogen-bond donors (Lipinski definition) is 1. The van der Waals surface area contributed by atoms with Gasteiger partial charge in [0.05, 0.1) is 18.8 Å². The average molecular weight is 480 g/mol. The number of aliphatic hydroxyl groups excluding tert-OH is 1. The molecule has 0 spiro atoms. The van der Waals surface area contributed by atoms with Gasteiger partial charge in [0, 0.05) is 31.2 Å². The first-order valence-electron chi connectivity index (χ1n) is 12.0. The van der Waals surface area contributed by atoms with Crippen molar-refractivity contribution < 1.29 is 5.11 Å². The Morgan fingerprint density at radius 3 is 2.82 bits per heavy atom. The lowest BCUT2D eigenvalue weighted by molar-refractivity contribution is 0.101. The number of benzene rings is 1. The molecule has 0 radical (unpaired) electrons. The van der Waals surface area contributed by atoms with E-state index in [2.05, 4.69) is 32.9 Å². The first-order chi connectivity index (χ1) is 16.5. The van der Waals surface area contributed by atoms with Gasteiger partial charge < -0.3 is 14.9 Å². The number of β-amino-alcohol motifs (C(OH)–C–C–N with tert-alkyl or cyclic N) is 1. The third kappa shape index (κ3) is 4.24. The molecule has 2 fully saturated rings. The van der Waals surface area contributed by atoms with Crippen LogP contribution in [0, 0.1) is 30.1 Å². The first kappa shape index (κ1) is 23.0. The van der Waals surface area contributed by atoms with E-state index in [0.717, 1.165) is 49.7 Å².